The molecule has 1 aliphatic heterocycles. The summed E-state index contributed by atoms with van der Waals surface area (Å²) in [6.07, 6.45) is 7.55. The van der Waals surface area contributed by atoms with Gasteiger partial charge in [0.2, 0.25) is 0 Å². The number of hydrogen-bond acceptors (Lipinski definition) is 5. The minimum absolute atomic E-state index is 0.481. The van der Waals surface area contributed by atoms with E-state index in [2.05, 4.69) is 37.3 Å². The van der Waals surface area contributed by atoms with Crippen molar-refractivity contribution >= 4 is 0 Å². The zero-order valence-electron chi connectivity index (χ0n) is 14.3. The highest BCUT2D eigenvalue weighted by Crippen LogP contribution is 2.28. The van der Waals surface area contributed by atoms with Crippen LogP contribution in [0.5, 0.6) is 5.75 Å². The molecule has 130 valence electrons. The molecule has 4 rings (SSSR count). The lowest BCUT2D eigenvalue weighted by Gasteiger charge is -2.31. The first-order chi connectivity index (χ1) is 12.3. The number of nitrogens with zero attached hydrogens (tertiary/aromatic N) is 5. The second-order valence-corrected chi connectivity index (χ2v) is 6.37. The summed E-state index contributed by atoms with van der Waals surface area (Å²) < 4.78 is 7.33. The summed E-state index contributed by atoms with van der Waals surface area (Å²) in [6.45, 7) is 2.97. The number of methoxy groups -OCH3 is 1. The van der Waals surface area contributed by atoms with Crippen LogP contribution in [0.25, 0.3) is 5.69 Å². The molecule has 0 amide bonds. The minimum Gasteiger partial charge on any atom is -0.497 e. The molecule has 0 atom stereocenters. The van der Waals surface area contributed by atoms with E-state index in [0.29, 0.717) is 5.92 Å². The maximum atomic E-state index is 5.41. The van der Waals surface area contributed by atoms with Gasteiger partial charge in [-0.25, -0.2) is 9.67 Å². The maximum absolute atomic E-state index is 5.41. The smallest absolute Gasteiger partial charge is 0.137 e. The van der Waals surface area contributed by atoms with E-state index < -0.39 is 0 Å². The molecule has 0 aliphatic carbocycles. The lowest BCUT2D eigenvalue weighted by Crippen LogP contribution is -2.33. The summed E-state index contributed by atoms with van der Waals surface area (Å²) in [5, 5.41) is 11.4. The number of nitrogens with one attached hydrogen (secondary N) is 1. The molecule has 25 heavy (non-hydrogen) atoms. The number of ether oxygens (including phenoxy) is 1. The normalized spacial score (nSPS) is 16.2. The van der Waals surface area contributed by atoms with Gasteiger partial charge in [-0.05, 0) is 55.8 Å². The summed E-state index contributed by atoms with van der Waals surface area (Å²) in [4.78, 5) is 6.79. The second-order valence-electron chi connectivity index (χ2n) is 6.37. The van der Waals surface area contributed by atoms with E-state index in [1.165, 1.54) is 5.56 Å². The number of aromatic nitrogens is 5. The molecule has 0 unspecified atom stereocenters. The molecule has 7 heteroatoms. The Morgan fingerprint density at radius 2 is 2.16 bits per heavy atom. The number of aromatic amines is 1. The van der Waals surface area contributed by atoms with Crippen LogP contribution >= 0.6 is 0 Å². The predicted octanol–water partition coefficient (Wildman–Crippen LogP) is 2.38. The lowest BCUT2D eigenvalue weighted by molar-refractivity contribution is 0.201. The van der Waals surface area contributed by atoms with Gasteiger partial charge >= 0.3 is 0 Å². The van der Waals surface area contributed by atoms with E-state index in [4.69, 9.17) is 4.74 Å². The third kappa shape index (κ3) is 3.41. The van der Waals surface area contributed by atoms with Crippen LogP contribution in [0.2, 0.25) is 0 Å². The Bertz CT molecular complexity index is 791. The Morgan fingerprint density at radius 3 is 2.84 bits per heavy atom. The third-order valence-electron chi connectivity index (χ3n) is 4.84. The summed E-state index contributed by atoms with van der Waals surface area (Å²) in [6, 6.07) is 8.11. The quantitative estimate of drug-likeness (QED) is 0.773. The highest BCUT2D eigenvalue weighted by molar-refractivity contribution is 5.45. The van der Waals surface area contributed by atoms with Crippen LogP contribution in [-0.4, -0.2) is 50.1 Å². The highest BCUT2D eigenvalue weighted by Gasteiger charge is 2.23. The van der Waals surface area contributed by atoms with Crippen molar-refractivity contribution in [1.82, 2.24) is 29.9 Å². The van der Waals surface area contributed by atoms with Crippen molar-refractivity contribution in [2.75, 3.05) is 20.2 Å². The Morgan fingerprint density at radius 1 is 1.28 bits per heavy atom. The zero-order chi connectivity index (χ0) is 17.1. The number of piperidine rings is 1. The third-order valence-corrected chi connectivity index (χ3v) is 4.84. The molecular formula is C18H22N6O. The van der Waals surface area contributed by atoms with Gasteiger partial charge in [0.1, 0.15) is 17.9 Å². The molecule has 0 bridgehead atoms. The molecule has 1 aliphatic rings. The van der Waals surface area contributed by atoms with E-state index in [1.54, 1.807) is 19.6 Å². The molecule has 2 aromatic heterocycles. The molecule has 1 saturated heterocycles. The Kier molecular flexibility index (Phi) is 4.47. The van der Waals surface area contributed by atoms with Crippen molar-refractivity contribution in [3.8, 4) is 11.4 Å². The van der Waals surface area contributed by atoms with Crippen molar-refractivity contribution in [3.05, 3.63) is 54.4 Å². The number of likely N-dealkylation sites (tertiary alicyclic amines) is 1. The number of rotatable bonds is 5. The molecule has 1 aromatic carbocycles. The van der Waals surface area contributed by atoms with Gasteiger partial charge in [-0.1, -0.05) is 0 Å². The van der Waals surface area contributed by atoms with E-state index in [1.807, 2.05) is 23.0 Å². The number of hydrogen-bond donors (Lipinski definition) is 1. The first-order valence-corrected chi connectivity index (χ1v) is 8.58. The first kappa shape index (κ1) is 15.8. The summed E-state index contributed by atoms with van der Waals surface area (Å²) in [5.74, 6) is 2.37. The largest absolute Gasteiger partial charge is 0.497 e. The maximum Gasteiger partial charge on any atom is 0.137 e. The van der Waals surface area contributed by atoms with Crippen molar-refractivity contribution in [3.63, 3.8) is 0 Å². The number of benzene rings is 1. The molecular weight excluding hydrogens is 316 g/mol. The Hall–Kier alpha value is -2.67. The van der Waals surface area contributed by atoms with Gasteiger partial charge in [0.25, 0.3) is 0 Å². The average Bonchev–Trinajstić information content (AvgIpc) is 3.36. The predicted molar refractivity (Wildman–Crippen MR) is 93.8 cm³/mol. The summed E-state index contributed by atoms with van der Waals surface area (Å²) in [7, 11) is 1.70. The molecule has 0 saturated carbocycles. The summed E-state index contributed by atoms with van der Waals surface area (Å²) >= 11 is 0. The van der Waals surface area contributed by atoms with E-state index in [0.717, 1.165) is 49.7 Å². The Balaban J connectivity index is 1.49. The topological polar surface area (TPSA) is 71.9 Å². The highest BCUT2D eigenvalue weighted by atomic mass is 16.5. The lowest BCUT2D eigenvalue weighted by atomic mass is 9.95. The van der Waals surface area contributed by atoms with Crippen LogP contribution in [0.3, 0.4) is 0 Å². The molecule has 1 N–H and O–H groups in total. The van der Waals surface area contributed by atoms with Gasteiger partial charge in [-0.15, -0.1) is 0 Å². The van der Waals surface area contributed by atoms with Crippen LogP contribution in [0.4, 0.5) is 0 Å². The summed E-state index contributed by atoms with van der Waals surface area (Å²) in [5.41, 5.74) is 2.32. The van der Waals surface area contributed by atoms with Gasteiger partial charge in [-0.3, -0.25) is 10.00 Å². The molecule has 0 radical (unpaired) electrons. The van der Waals surface area contributed by atoms with E-state index >= 15 is 0 Å². The van der Waals surface area contributed by atoms with E-state index in [-0.39, 0.29) is 0 Å². The van der Waals surface area contributed by atoms with Gasteiger partial charge < -0.3 is 4.74 Å². The van der Waals surface area contributed by atoms with Crippen LogP contribution in [-0.2, 0) is 6.54 Å². The first-order valence-electron chi connectivity index (χ1n) is 8.58. The van der Waals surface area contributed by atoms with Gasteiger partial charge in [0, 0.05) is 24.9 Å². The monoisotopic (exact) mass is 338 g/mol. The standard InChI is InChI=1S/C18H22N6O/c1-25-16-3-4-17(24-8-2-7-21-24)15(11-16)12-23-9-5-14(6-10-23)18-19-13-20-22-18/h2-4,7-8,11,13-14H,5-6,9-10,12H2,1H3,(H,19,20,22). The average molecular weight is 338 g/mol. The van der Waals surface area contributed by atoms with Gasteiger partial charge in [-0.2, -0.15) is 10.2 Å². The SMILES string of the molecule is COc1ccc(-n2cccn2)c(CN2CCC(c3ncn[nH]3)CC2)c1. The molecule has 1 fully saturated rings. The fraction of sp³-hybridized carbons (Fsp3) is 0.389. The molecule has 3 aromatic rings. The zero-order valence-corrected chi connectivity index (χ0v) is 14.3. The van der Waals surface area contributed by atoms with Crippen molar-refractivity contribution in [2.45, 2.75) is 25.3 Å². The van der Waals surface area contributed by atoms with Crippen molar-refractivity contribution < 1.29 is 4.74 Å². The fourth-order valence-corrected chi connectivity index (χ4v) is 3.47. The number of H-pyrrole nitrogens is 1. The van der Waals surface area contributed by atoms with E-state index in [9.17, 15) is 0 Å². The van der Waals surface area contributed by atoms with Crippen LogP contribution in [0.15, 0.2) is 43.0 Å². The Labute approximate surface area is 146 Å². The minimum atomic E-state index is 0.481. The molecule has 7 nitrogen and oxygen atoms in total. The van der Waals surface area contributed by atoms with Gasteiger partial charge in [0.05, 0.1) is 12.8 Å². The van der Waals surface area contributed by atoms with Crippen LogP contribution in [0.1, 0.15) is 30.1 Å². The second kappa shape index (κ2) is 7.06. The van der Waals surface area contributed by atoms with Crippen molar-refractivity contribution in [2.24, 2.45) is 0 Å². The molecule has 3 heterocycles. The van der Waals surface area contributed by atoms with Crippen LogP contribution in [0, 0.1) is 0 Å². The fourth-order valence-electron chi connectivity index (χ4n) is 3.47. The molecule has 0 spiro atoms. The van der Waals surface area contributed by atoms with Crippen LogP contribution < -0.4 is 4.74 Å². The van der Waals surface area contributed by atoms with Crippen molar-refractivity contribution in [1.29, 1.82) is 0 Å². The van der Waals surface area contributed by atoms with Gasteiger partial charge in [0.15, 0.2) is 0 Å².